The molecule has 0 spiro atoms. The first-order valence-electron chi connectivity index (χ1n) is 7.66. The van der Waals surface area contributed by atoms with Gasteiger partial charge in [-0.1, -0.05) is 72.4 Å². The number of ether oxygens (including phenoxy) is 1. The minimum Gasteiger partial charge on any atom is -0.442 e. The quantitative estimate of drug-likeness (QED) is 0.605. The van der Waals surface area contributed by atoms with Gasteiger partial charge in [-0.25, -0.2) is 5.01 Å². The third kappa shape index (κ3) is 1.63. The largest absolute Gasteiger partial charge is 0.442 e. The molecule has 3 aliphatic rings. The topological polar surface area (TPSA) is 32.8 Å². The van der Waals surface area contributed by atoms with Crippen LogP contribution in [0.1, 0.15) is 16.5 Å². The number of hydrogen-bond acceptors (Lipinski definition) is 4. The fourth-order valence-corrected chi connectivity index (χ4v) is 4.85. The van der Waals surface area contributed by atoms with E-state index in [4.69, 9.17) is 16.3 Å². The van der Waals surface area contributed by atoms with E-state index in [0.29, 0.717) is 5.88 Å². The molecule has 0 aromatic heterocycles. The number of nitrogens with zero attached hydrogens (tertiary/aromatic N) is 2. The Morgan fingerprint density at radius 2 is 1.71 bits per heavy atom. The molecule has 0 saturated carbocycles. The molecule has 3 aliphatic heterocycles. The fourth-order valence-electron chi connectivity index (χ4n) is 3.47. The highest BCUT2D eigenvalue weighted by molar-refractivity contribution is 8.02. The molecule has 0 unspecified atom stereocenters. The van der Waals surface area contributed by atoms with Crippen LogP contribution in [0.15, 0.2) is 72.0 Å². The van der Waals surface area contributed by atoms with E-state index in [9.17, 15) is 4.79 Å². The molecule has 3 heterocycles. The first-order valence-corrected chi connectivity index (χ1v) is 9.04. The molecule has 1 amide bonds. The van der Waals surface area contributed by atoms with Gasteiger partial charge in [0.05, 0.1) is 0 Å². The Labute approximate surface area is 148 Å². The normalized spacial score (nSPS) is 30.4. The Hall–Kier alpha value is -2.11. The molecule has 120 valence electrons. The van der Waals surface area contributed by atoms with Gasteiger partial charge < -0.3 is 4.74 Å². The van der Waals surface area contributed by atoms with E-state index >= 15 is 0 Å². The molecule has 2 aromatic rings. The Morgan fingerprint density at radius 3 is 2.42 bits per heavy atom. The zero-order chi connectivity index (χ0) is 16.3. The molecule has 5 rings (SSSR count). The van der Waals surface area contributed by atoms with Crippen LogP contribution in [0.4, 0.5) is 0 Å². The summed E-state index contributed by atoms with van der Waals surface area (Å²) in [4.78, 5) is 12.6. The minimum atomic E-state index is -0.945. The van der Waals surface area contributed by atoms with Crippen molar-refractivity contribution in [1.82, 2.24) is 10.0 Å². The standard InChI is InChI=1S/C18H13ClN2O2S/c19-15-16(22)21-18(15,13-9-5-2-6-10-13)23-14-11-24-17(20(14)21)12-7-3-1-4-8-12/h1-11,15,17H/t15-,17+,18-/m1/s1. The molecule has 0 aliphatic carbocycles. The van der Waals surface area contributed by atoms with Crippen molar-refractivity contribution in [1.29, 1.82) is 0 Å². The molecule has 4 nitrogen and oxygen atoms in total. The van der Waals surface area contributed by atoms with Crippen molar-refractivity contribution >= 4 is 29.3 Å². The van der Waals surface area contributed by atoms with Crippen LogP contribution >= 0.6 is 23.4 Å². The molecular weight excluding hydrogens is 344 g/mol. The summed E-state index contributed by atoms with van der Waals surface area (Å²) in [6.45, 7) is 0. The SMILES string of the molecule is O=C1[C@@H](Cl)[C@@]2(c3ccccc3)OC3=CS[C@@H](c4ccccc4)N3N12. The van der Waals surface area contributed by atoms with Gasteiger partial charge in [0, 0.05) is 11.0 Å². The lowest BCUT2D eigenvalue weighted by atomic mass is 9.90. The van der Waals surface area contributed by atoms with Crippen LogP contribution in [0.2, 0.25) is 0 Å². The Bertz CT molecular complexity index is 845. The predicted octanol–water partition coefficient (Wildman–Crippen LogP) is 3.78. The van der Waals surface area contributed by atoms with Gasteiger partial charge in [-0.05, 0) is 5.56 Å². The molecule has 6 heteroatoms. The lowest BCUT2D eigenvalue weighted by Gasteiger charge is -2.50. The average Bonchev–Trinajstić information content (AvgIpc) is 3.17. The number of alkyl halides is 1. The fraction of sp³-hybridized carbons (Fsp3) is 0.167. The van der Waals surface area contributed by atoms with Crippen LogP contribution in [-0.2, 0) is 15.3 Å². The van der Waals surface area contributed by atoms with Crippen molar-refractivity contribution in [2.75, 3.05) is 0 Å². The number of β-lactam (4-membered cyclic amide) rings is 1. The smallest absolute Gasteiger partial charge is 0.269 e. The van der Waals surface area contributed by atoms with Crippen molar-refractivity contribution in [3.8, 4) is 0 Å². The van der Waals surface area contributed by atoms with Crippen LogP contribution < -0.4 is 0 Å². The van der Waals surface area contributed by atoms with Gasteiger partial charge in [0.2, 0.25) is 5.88 Å². The van der Waals surface area contributed by atoms with Crippen LogP contribution in [0.5, 0.6) is 0 Å². The summed E-state index contributed by atoms with van der Waals surface area (Å²) < 4.78 is 6.23. The van der Waals surface area contributed by atoms with Gasteiger partial charge in [-0.2, -0.15) is 5.01 Å². The number of benzene rings is 2. The monoisotopic (exact) mass is 356 g/mol. The van der Waals surface area contributed by atoms with E-state index in [1.54, 1.807) is 16.8 Å². The number of hydrogen-bond donors (Lipinski definition) is 0. The molecule has 2 saturated heterocycles. The van der Waals surface area contributed by atoms with Crippen LogP contribution in [0.3, 0.4) is 0 Å². The van der Waals surface area contributed by atoms with E-state index in [-0.39, 0.29) is 11.3 Å². The summed E-state index contributed by atoms with van der Waals surface area (Å²) >= 11 is 8.05. The maximum absolute atomic E-state index is 12.6. The van der Waals surface area contributed by atoms with Crippen molar-refractivity contribution in [2.45, 2.75) is 16.5 Å². The Kier molecular flexibility index (Phi) is 2.94. The van der Waals surface area contributed by atoms with Crippen LogP contribution in [0, 0.1) is 0 Å². The number of fused-ring (bicyclic) bond motifs is 3. The second-order valence-electron chi connectivity index (χ2n) is 5.88. The third-order valence-electron chi connectivity index (χ3n) is 4.58. The van der Waals surface area contributed by atoms with E-state index in [0.717, 1.165) is 11.1 Å². The Balaban J connectivity index is 1.60. The van der Waals surface area contributed by atoms with Crippen molar-refractivity contribution in [2.24, 2.45) is 0 Å². The first kappa shape index (κ1) is 14.3. The second-order valence-corrected chi connectivity index (χ2v) is 7.27. The summed E-state index contributed by atoms with van der Waals surface area (Å²) in [5, 5.41) is 4.79. The van der Waals surface area contributed by atoms with E-state index in [2.05, 4.69) is 12.1 Å². The summed E-state index contributed by atoms with van der Waals surface area (Å²) in [5.41, 5.74) is 1.06. The molecular formula is C18H13ClN2O2S. The van der Waals surface area contributed by atoms with E-state index in [1.165, 1.54) is 0 Å². The van der Waals surface area contributed by atoms with Crippen molar-refractivity contribution < 1.29 is 9.53 Å². The second kappa shape index (κ2) is 4.94. The van der Waals surface area contributed by atoms with Gasteiger partial charge in [-0.15, -0.1) is 11.6 Å². The Morgan fingerprint density at radius 1 is 1.04 bits per heavy atom. The number of carbonyl (C=O) groups excluding carboxylic acids is 1. The number of amides is 1. The minimum absolute atomic E-state index is 0.0279. The molecule has 0 radical (unpaired) electrons. The van der Waals surface area contributed by atoms with E-state index < -0.39 is 11.1 Å². The van der Waals surface area contributed by atoms with Crippen LogP contribution in [0.25, 0.3) is 0 Å². The molecule has 3 atom stereocenters. The van der Waals surface area contributed by atoms with Gasteiger partial charge >= 0.3 is 0 Å². The van der Waals surface area contributed by atoms with E-state index in [1.807, 2.05) is 58.9 Å². The summed E-state index contributed by atoms with van der Waals surface area (Å²) in [6.07, 6.45) is 0. The molecule has 2 aromatic carbocycles. The molecule has 0 N–H and O–H groups in total. The lowest BCUT2D eigenvalue weighted by Crippen LogP contribution is -2.70. The number of rotatable bonds is 2. The van der Waals surface area contributed by atoms with Gasteiger partial charge in [0.1, 0.15) is 5.37 Å². The highest BCUT2D eigenvalue weighted by Crippen LogP contribution is 2.60. The number of hydrazine groups is 1. The van der Waals surface area contributed by atoms with Gasteiger partial charge in [0.25, 0.3) is 11.6 Å². The number of carbonyl (C=O) groups is 1. The predicted molar refractivity (Wildman–Crippen MR) is 92.4 cm³/mol. The van der Waals surface area contributed by atoms with Crippen LogP contribution in [-0.4, -0.2) is 21.3 Å². The maximum atomic E-state index is 12.6. The third-order valence-corrected chi connectivity index (χ3v) is 6.13. The summed E-state index contributed by atoms with van der Waals surface area (Å²) in [7, 11) is 0. The zero-order valence-electron chi connectivity index (χ0n) is 12.5. The number of thioether (sulfide) groups is 1. The zero-order valence-corrected chi connectivity index (χ0v) is 14.1. The summed E-state index contributed by atoms with van der Waals surface area (Å²) in [5.74, 6) is 0.543. The lowest BCUT2D eigenvalue weighted by molar-refractivity contribution is -0.206. The van der Waals surface area contributed by atoms with Gasteiger partial charge in [-0.3, -0.25) is 4.79 Å². The van der Waals surface area contributed by atoms with Crippen molar-refractivity contribution in [3.05, 3.63) is 83.1 Å². The summed E-state index contributed by atoms with van der Waals surface area (Å²) in [6, 6.07) is 19.8. The van der Waals surface area contributed by atoms with Crippen molar-refractivity contribution in [3.63, 3.8) is 0 Å². The highest BCUT2D eigenvalue weighted by atomic mass is 35.5. The van der Waals surface area contributed by atoms with Gasteiger partial charge in [0.15, 0.2) is 5.38 Å². The number of halogens is 1. The highest BCUT2D eigenvalue weighted by Gasteiger charge is 2.72. The average molecular weight is 357 g/mol. The molecule has 2 fully saturated rings. The molecule has 0 bridgehead atoms. The first-order chi connectivity index (χ1) is 11.7. The maximum Gasteiger partial charge on any atom is 0.269 e. The molecule has 24 heavy (non-hydrogen) atoms.